The molecule has 0 aromatic carbocycles. The standard InChI is InChI=1S/C13H26N4O/c1-9(2)17-12(11(14)10(3)15-17)18-8-13(4,5)16(6)7/h9H,8,14H2,1-7H3. The average molecular weight is 254 g/mol. The third kappa shape index (κ3) is 2.96. The summed E-state index contributed by atoms with van der Waals surface area (Å²) >= 11 is 0. The fourth-order valence-corrected chi connectivity index (χ4v) is 1.41. The third-order valence-corrected chi connectivity index (χ3v) is 3.35. The topological polar surface area (TPSA) is 56.3 Å². The zero-order valence-corrected chi connectivity index (χ0v) is 12.6. The first-order chi connectivity index (χ1) is 8.16. The summed E-state index contributed by atoms with van der Waals surface area (Å²) in [4.78, 5) is 2.13. The van der Waals surface area contributed by atoms with E-state index in [-0.39, 0.29) is 11.6 Å². The van der Waals surface area contributed by atoms with Crippen molar-refractivity contribution in [2.45, 2.75) is 46.2 Å². The molecule has 0 atom stereocenters. The summed E-state index contributed by atoms with van der Waals surface area (Å²) in [6.07, 6.45) is 0. The molecule has 2 N–H and O–H groups in total. The van der Waals surface area contributed by atoms with Gasteiger partial charge < -0.3 is 15.4 Å². The van der Waals surface area contributed by atoms with E-state index in [4.69, 9.17) is 10.5 Å². The molecule has 0 aliphatic rings. The Morgan fingerprint density at radius 3 is 2.39 bits per heavy atom. The summed E-state index contributed by atoms with van der Waals surface area (Å²) in [6.45, 7) is 10.9. The van der Waals surface area contributed by atoms with Gasteiger partial charge in [-0.3, -0.25) is 0 Å². The number of hydrogen-bond acceptors (Lipinski definition) is 4. The van der Waals surface area contributed by atoms with E-state index in [0.717, 1.165) is 5.69 Å². The quantitative estimate of drug-likeness (QED) is 0.874. The van der Waals surface area contributed by atoms with Crippen molar-refractivity contribution in [1.82, 2.24) is 14.7 Å². The summed E-state index contributed by atoms with van der Waals surface area (Å²) < 4.78 is 7.75. The van der Waals surface area contributed by atoms with Crippen molar-refractivity contribution in [1.29, 1.82) is 0 Å². The number of rotatable bonds is 5. The van der Waals surface area contributed by atoms with Gasteiger partial charge in [0.15, 0.2) is 0 Å². The van der Waals surface area contributed by atoms with Crippen molar-refractivity contribution in [2.75, 3.05) is 26.4 Å². The number of ether oxygens (including phenoxy) is 1. The molecule has 0 saturated carbocycles. The number of nitrogen functional groups attached to an aromatic ring is 1. The van der Waals surface area contributed by atoms with E-state index in [1.807, 2.05) is 25.7 Å². The Labute approximate surface area is 110 Å². The predicted molar refractivity (Wildman–Crippen MR) is 75.0 cm³/mol. The molecule has 0 saturated heterocycles. The van der Waals surface area contributed by atoms with Gasteiger partial charge in [0.25, 0.3) is 0 Å². The smallest absolute Gasteiger partial charge is 0.236 e. The van der Waals surface area contributed by atoms with Crippen molar-refractivity contribution < 1.29 is 4.74 Å². The van der Waals surface area contributed by atoms with Gasteiger partial charge in [0.05, 0.1) is 11.7 Å². The molecule has 1 rings (SSSR count). The van der Waals surface area contributed by atoms with Gasteiger partial charge in [-0.1, -0.05) is 0 Å². The minimum absolute atomic E-state index is 0.0492. The van der Waals surface area contributed by atoms with Gasteiger partial charge in [-0.15, -0.1) is 0 Å². The summed E-state index contributed by atoms with van der Waals surface area (Å²) in [6, 6.07) is 0.235. The number of nitrogens with two attached hydrogens (primary N) is 1. The van der Waals surface area contributed by atoms with E-state index in [1.54, 1.807) is 0 Å². The molecule has 1 heterocycles. The summed E-state index contributed by atoms with van der Waals surface area (Å²) in [5, 5.41) is 4.41. The molecule has 18 heavy (non-hydrogen) atoms. The highest BCUT2D eigenvalue weighted by atomic mass is 16.5. The fourth-order valence-electron chi connectivity index (χ4n) is 1.41. The molecular weight excluding hydrogens is 228 g/mol. The van der Waals surface area contributed by atoms with E-state index in [1.165, 1.54) is 0 Å². The first-order valence-electron chi connectivity index (χ1n) is 6.31. The number of anilines is 1. The van der Waals surface area contributed by atoms with Crippen LogP contribution in [0.4, 0.5) is 5.69 Å². The van der Waals surface area contributed by atoms with Crippen LogP contribution in [0.2, 0.25) is 0 Å². The predicted octanol–water partition coefficient (Wildman–Crippen LogP) is 2.07. The number of likely N-dealkylation sites (N-methyl/N-ethyl adjacent to an activating group) is 1. The van der Waals surface area contributed by atoms with Crippen LogP contribution in [0.25, 0.3) is 0 Å². The lowest BCUT2D eigenvalue weighted by molar-refractivity contribution is 0.107. The van der Waals surface area contributed by atoms with Crippen molar-refractivity contribution in [3.05, 3.63) is 5.69 Å². The Hall–Kier alpha value is -1.23. The first-order valence-corrected chi connectivity index (χ1v) is 6.31. The Morgan fingerprint density at radius 2 is 1.94 bits per heavy atom. The van der Waals surface area contributed by atoms with Crippen LogP contribution >= 0.6 is 0 Å². The molecule has 0 spiro atoms. The third-order valence-electron chi connectivity index (χ3n) is 3.35. The number of aryl methyl sites for hydroxylation is 1. The van der Waals surface area contributed by atoms with Crippen LogP contribution in [0.1, 0.15) is 39.4 Å². The average Bonchev–Trinajstić information content (AvgIpc) is 2.53. The van der Waals surface area contributed by atoms with Crippen molar-refractivity contribution in [2.24, 2.45) is 0 Å². The molecule has 0 unspecified atom stereocenters. The Balaban J connectivity index is 2.91. The Morgan fingerprint density at radius 1 is 1.39 bits per heavy atom. The lowest BCUT2D eigenvalue weighted by Crippen LogP contribution is -2.43. The van der Waals surface area contributed by atoms with Crippen molar-refractivity contribution in [3.8, 4) is 5.88 Å². The molecule has 5 heteroatoms. The van der Waals surface area contributed by atoms with E-state index in [9.17, 15) is 0 Å². The molecule has 0 aliphatic heterocycles. The second-order valence-electron chi connectivity index (χ2n) is 5.84. The van der Waals surface area contributed by atoms with Gasteiger partial charge in [0.2, 0.25) is 5.88 Å². The van der Waals surface area contributed by atoms with Crippen LogP contribution < -0.4 is 10.5 Å². The maximum atomic E-state index is 6.02. The lowest BCUT2D eigenvalue weighted by atomic mass is 10.1. The lowest BCUT2D eigenvalue weighted by Gasteiger charge is -2.32. The molecule has 1 aromatic heterocycles. The Kier molecular flexibility index (Phi) is 4.27. The van der Waals surface area contributed by atoms with Crippen LogP contribution in [0.15, 0.2) is 0 Å². The highest BCUT2D eigenvalue weighted by Crippen LogP contribution is 2.28. The molecule has 0 radical (unpaired) electrons. The maximum Gasteiger partial charge on any atom is 0.236 e. The largest absolute Gasteiger partial charge is 0.474 e. The molecular formula is C13H26N4O. The minimum atomic E-state index is -0.0492. The zero-order chi connectivity index (χ0) is 14.1. The summed E-state index contributed by atoms with van der Waals surface area (Å²) in [7, 11) is 4.08. The van der Waals surface area contributed by atoms with Crippen LogP contribution in [-0.4, -0.2) is 40.9 Å². The Bertz CT molecular complexity index is 407. The molecule has 0 aliphatic carbocycles. The molecule has 1 aromatic rings. The highest BCUT2D eigenvalue weighted by Gasteiger charge is 2.24. The first kappa shape index (κ1) is 14.8. The molecule has 0 fully saturated rings. The van der Waals surface area contributed by atoms with Gasteiger partial charge in [-0.25, -0.2) is 4.68 Å². The SMILES string of the molecule is Cc1nn(C(C)C)c(OCC(C)(C)N(C)C)c1N. The highest BCUT2D eigenvalue weighted by molar-refractivity contribution is 5.52. The van der Waals surface area contributed by atoms with Crippen LogP contribution in [0, 0.1) is 6.92 Å². The number of nitrogens with zero attached hydrogens (tertiary/aromatic N) is 3. The van der Waals surface area contributed by atoms with E-state index in [0.29, 0.717) is 18.2 Å². The van der Waals surface area contributed by atoms with Gasteiger partial charge in [0, 0.05) is 5.54 Å². The van der Waals surface area contributed by atoms with Gasteiger partial charge in [-0.05, 0) is 48.7 Å². The van der Waals surface area contributed by atoms with Crippen LogP contribution in [0.5, 0.6) is 5.88 Å². The minimum Gasteiger partial charge on any atom is -0.474 e. The van der Waals surface area contributed by atoms with E-state index < -0.39 is 0 Å². The zero-order valence-electron chi connectivity index (χ0n) is 12.6. The van der Waals surface area contributed by atoms with Crippen molar-refractivity contribution in [3.63, 3.8) is 0 Å². The molecule has 0 bridgehead atoms. The second kappa shape index (κ2) is 5.18. The van der Waals surface area contributed by atoms with E-state index >= 15 is 0 Å². The maximum absolute atomic E-state index is 6.02. The summed E-state index contributed by atoms with van der Waals surface area (Å²) in [5.41, 5.74) is 7.43. The second-order valence-corrected chi connectivity index (χ2v) is 5.84. The fraction of sp³-hybridized carbons (Fsp3) is 0.769. The molecule has 104 valence electrons. The normalized spacial score (nSPS) is 12.5. The van der Waals surface area contributed by atoms with Gasteiger partial charge >= 0.3 is 0 Å². The van der Waals surface area contributed by atoms with E-state index in [2.05, 4.69) is 37.7 Å². The molecule has 5 nitrogen and oxygen atoms in total. The van der Waals surface area contributed by atoms with Crippen molar-refractivity contribution >= 4 is 5.69 Å². The van der Waals surface area contributed by atoms with Gasteiger partial charge in [0.1, 0.15) is 12.3 Å². The number of aromatic nitrogens is 2. The molecule has 0 amide bonds. The van der Waals surface area contributed by atoms with Crippen LogP contribution in [0.3, 0.4) is 0 Å². The van der Waals surface area contributed by atoms with Crippen LogP contribution in [-0.2, 0) is 0 Å². The number of hydrogen-bond donors (Lipinski definition) is 1. The summed E-state index contributed by atoms with van der Waals surface area (Å²) in [5.74, 6) is 0.678. The van der Waals surface area contributed by atoms with Gasteiger partial charge in [-0.2, -0.15) is 5.10 Å². The monoisotopic (exact) mass is 254 g/mol.